The summed E-state index contributed by atoms with van der Waals surface area (Å²) in [6.07, 6.45) is 4.94. The number of benzene rings is 1. The van der Waals surface area contributed by atoms with Crippen molar-refractivity contribution >= 4 is 11.6 Å². The van der Waals surface area contributed by atoms with Crippen LogP contribution in [0.25, 0.3) is 0 Å². The van der Waals surface area contributed by atoms with Gasteiger partial charge in [-0.15, -0.1) is 0 Å². The van der Waals surface area contributed by atoms with Crippen LogP contribution in [0.4, 0.5) is 0 Å². The highest BCUT2D eigenvalue weighted by molar-refractivity contribution is 6.00. The van der Waals surface area contributed by atoms with Crippen LogP contribution < -0.4 is 0 Å². The summed E-state index contributed by atoms with van der Waals surface area (Å²) >= 11 is 0. The lowest BCUT2D eigenvalue weighted by atomic mass is 9.81. The third kappa shape index (κ3) is 7.91. The Morgan fingerprint density at radius 1 is 0.677 bits per heavy atom. The predicted molar refractivity (Wildman–Crippen MR) is 134 cm³/mol. The minimum absolute atomic E-state index is 0.0914. The molecule has 0 fully saturated rings. The van der Waals surface area contributed by atoms with E-state index in [1.165, 1.54) is 11.1 Å². The second kappa shape index (κ2) is 9.27. The molecule has 0 saturated carbocycles. The summed E-state index contributed by atoms with van der Waals surface area (Å²) in [7, 11) is 0. The van der Waals surface area contributed by atoms with Gasteiger partial charge in [0.2, 0.25) is 0 Å². The summed E-state index contributed by atoms with van der Waals surface area (Å²) in [4.78, 5) is 24.2. The maximum atomic E-state index is 12.1. The second-order valence-corrected chi connectivity index (χ2v) is 12.8. The molecule has 1 aromatic rings. The van der Waals surface area contributed by atoms with Gasteiger partial charge in [-0.2, -0.15) is 0 Å². The highest BCUT2D eigenvalue weighted by atomic mass is 16.1. The van der Waals surface area contributed by atoms with Gasteiger partial charge in [0.1, 0.15) is 0 Å². The predicted octanol–water partition coefficient (Wildman–Crippen LogP) is 8.12. The smallest absolute Gasteiger partial charge is 0.168 e. The first-order chi connectivity index (χ1) is 13.7. The Balaban J connectivity index is 0.000000311. The molecule has 0 aromatic heterocycles. The van der Waals surface area contributed by atoms with Crippen molar-refractivity contribution in [3.63, 3.8) is 0 Å². The summed E-state index contributed by atoms with van der Waals surface area (Å²) in [6, 6.07) is 7.98. The molecule has 2 heteroatoms. The Morgan fingerprint density at radius 2 is 1.19 bits per heavy atom. The quantitative estimate of drug-likeness (QED) is 0.449. The lowest BCUT2D eigenvalue weighted by Gasteiger charge is -2.22. The van der Waals surface area contributed by atoms with Crippen molar-refractivity contribution in [2.45, 2.75) is 94.9 Å². The molecule has 1 aliphatic carbocycles. The molecule has 31 heavy (non-hydrogen) atoms. The molecule has 1 aliphatic rings. The van der Waals surface area contributed by atoms with Gasteiger partial charge in [0.25, 0.3) is 0 Å². The zero-order chi connectivity index (χ0) is 24.4. The molecule has 0 unspecified atom stereocenters. The SMILES string of the molecule is CC(C)(C)C(=O)C1=CC=C(C(C)(C)C)C1.CC(C)(C)C(=O)c1cccc(C(C)(C)C)c1. The van der Waals surface area contributed by atoms with Crippen LogP contribution in [0.15, 0.2) is 47.6 Å². The van der Waals surface area contributed by atoms with Crippen molar-refractivity contribution in [2.75, 3.05) is 0 Å². The molecule has 172 valence electrons. The van der Waals surface area contributed by atoms with Crippen molar-refractivity contribution in [1.82, 2.24) is 0 Å². The largest absolute Gasteiger partial charge is 0.294 e. The average Bonchev–Trinajstić information content (AvgIpc) is 3.09. The Bertz CT molecular complexity index is 867. The van der Waals surface area contributed by atoms with E-state index in [1.807, 2.05) is 65.8 Å². The monoisotopic (exact) mass is 424 g/mol. The number of hydrogen-bond donors (Lipinski definition) is 0. The lowest BCUT2D eigenvalue weighted by molar-refractivity contribution is -0.122. The van der Waals surface area contributed by atoms with Crippen LogP contribution >= 0.6 is 0 Å². The molecule has 0 saturated heterocycles. The van der Waals surface area contributed by atoms with Crippen molar-refractivity contribution in [2.24, 2.45) is 16.2 Å². The van der Waals surface area contributed by atoms with Gasteiger partial charge in [0, 0.05) is 16.4 Å². The fourth-order valence-corrected chi connectivity index (χ4v) is 3.24. The third-order valence-corrected chi connectivity index (χ3v) is 5.47. The average molecular weight is 425 g/mol. The summed E-state index contributed by atoms with van der Waals surface area (Å²) in [5.74, 6) is 0.483. The van der Waals surface area contributed by atoms with Crippen molar-refractivity contribution < 1.29 is 9.59 Å². The Morgan fingerprint density at radius 3 is 1.58 bits per heavy atom. The number of carbonyl (C=O) groups is 2. The summed E-state index contributed by atoms with van der Waals surface area (Å²) in [6.45, 7) is 24.9. The maximum absolute atomic E-state index is 12.1. The fraction of sp³-hybridized carbons (Fsp3) is 0.586. The van der Waals surface area contributed by atoms with E-state index in [9.17, 15) is 9.59 Å². The molecular formula is C29H44O2. The van der Waals surface area contributed by atoms with E-state index in [0.29, 0.717) is 0 Å². The Hall–Kier alpha value is -1.96. The Labute approximate surface area is 191 Å². The molecule has 0 N–H and O–H groups in total. The molecule has 0 radical (unpaired) electrons. The zero-order valence-electron chi connectivity index (χ0n) is 22.0. The van der Waals surface area contributed by atoms with Crippen LogP contribution in [0.5, 0.6) is 0 Å². The van der Waals surface area contributed by atoms with E-state index < -0.39 is 0 Å². The van der Waals surface area contributed by atoms with Crippen LogP contribution in [-0.2, 0) is 10.2 Å². The molecule has 0 spiro atoms. The first-order valence-electron chi connectivity index (χ1n) is 11.3. The number of hydrogen-bond acceptors (Lipinski definition) is 2. The summed E-state index contributed by atoms with van der Waals surface area (Å²) < 4.78 is 0. The lowest BCUT2D eigenvalue weighted by Crippen LogP contribution is -2.22. The second-order valence-electron chi connectivity index (χ2n) is 12.8. The van der Waals surface area contributed by atoms with E-state index >= 15 is 0 Å². The van der Waals surface area contributed by atoms with E-state index in [0.717, 1.165) is 17.6 Å². The van der Waals surface area contributed by atoms with Crippen molar-refractivity contribution in [1.29, 1.82) is 0 Å². The molecule has 2 nitrogen and oxygen atoms in total. The van der Waals surface area contributed by atoms with Crippen LogP contribution in [0.3, 0.4) is 0 Å². The van der Waals surface area contributed by atoms with Gasteiger partial charge in [0.15, 0.2) is 11.6 Å². The maximum Gasteiger partial charge on any atom is 0.168 e. The van der Waals surface area contributed by atoms with E-state index in [1.54, 1.807) is 0 Å². The molecule has 1 aromatic carbocycles. The van der Waals surface area contributed by atoms with Crippen LogP contribution in [0, 0.1) is 16.2 Å². The highest BCUT2D eigenvalue weighted by Crippen LogP contribution is 2.36. The summed E-state index contributed by atoms with van der Waals surface area (Å²) in [5, 5.41) is 0. The molecule has 0 aliphatic heterocycles. The standard InChI is InChI=1S/C15H22O.C14H22O/c1-14(2,3)12-9-7-8-11(10-12)13(16)15(4,5)6;1-13(2,3)11-8-7-10(9-11)12(15)14(4,5)6/h7-10H,1-6H3;7-8H,9H2,1-6H3. The van der Waals surface area contributed by atoms with E-state index in [-0.39, 0.29) is 33.2 Å². The van der Waals surface area contributed by atoms with Gasteiger partial charge in [-0.05, 0) is 34.5 Å². The van der Waals surface area contributed by atoms with E-state index in [4.69, 9.17) is 0 Å². The van der Waals surface area contributed by atoms with Gasteiger partial charge in [-0.1, -0.05) is 119 Å². The van der Waals surface area contributed by atoms with Crippen LogP contribution in [-0.4, -0.2) is 11.6 Å². The number of Topliss-reactive ketones (excluding diaryl/α,β-unsaturated/α-hetero) is 2. The van der Waals surface area contributed by atoms with E-state index in [2.05, 4.69) is 53.7 Å². The number of rotatable bonds is 2. The minimum atomic E-state index is -0.309. The van der Waals surface area contributed by atoms with Crippen molar-refractivity contribution in [3.8, 4) is 0 Å². The Kier molecular flexibility index (Phi) is 8.09. The molecule has 0 atom stereocenters. The topological polar surface area (TPSA) is 34.1 Å². The minimum Gasteiger partial charge on any atom is -0.294 e. The van der Waals surface area contributed by atoms with Gasteiger partial charge in [-0.3, -0.25) is 9.59 Å². The third-order valence-electron chi connectivity index (χ3n) is 5.47. The first kappa shape index (κ1) is 27.1. The van der Waals surface area contributed by atoms with Gasteiger partial charge >= 0.3 is 0 Å². The van der Waals surface area contributed by atoms with Crippen LogP contribution in [0.1, 0.15) is 105 Å². The van der Waals surface area contributed by atoms with Gasteiger partial charge in [-0.25, -0.2) is 0 Å². The van der Waals surface area contributed by atoms with Crippen LogP contribution in [0.2, 0.25) is 0 Å². The van der Waals surface area contributed by atoms with Gasteiger partial charge < -0.3 is 0 Å². The molecule has 0 amide bonds. The number of allylic oxidation sites excluding steroid dienone is 4. The molecule has 0 heterocycles. The molecule has 0 bridgehead atoms. The molecule has 2 rings (SSSR count). The fourth-order valence-electron chi connectivity index (χ4n) is 3.24. The highest BCUT2D eigenvalue weighted by Gasteiger charge is 2.29. The van der Waals surface area contributed by atoms with Crippen molar-refractivity contribution in [3.05, 3.63) is 58.7 Å². The number of carbonyl (C=O) groups excluding carboxylic acids is 2. The summed E-state index contributed by atoms with van der Waals surface area (Å²) in [5.41, 5.74) is 4.05. The van der Waals surface area contributed by atoms with Gasteiger partial charge in [0.05, 0.1) is 0 Å². The molecular weight excluding hydrogens is 380 g/mol. The zero-order valence-corrected chi connectivity index (χ0v) is 22.0. The first-order valence-corrected chi connectivity index (χ1v) is 11.3. The normalized spacial score (nSPS) is 15.0. The number of ketones is 2.